The maximum Gasteiger partial charge on any atom is 0.253 e. The Labute approximate surface area is 206 Å². The Kier molecular flexibility index (Phi) is 7.63. The van der Waals surface area contributed by atoms with E-state index in [0.29, 0.717) is 31.9 Å². The van der Waals surface area contributed by atoms with Crippen LogP contribution in [0.4, 0.5) is 5.69 Å². The van der Waals surface area contributed by atoms with Crippen molar-refractivity contribution in [1.82, 2.24) is 4.90 Å². The van der Waals surface area contributed by atoms with Crippen molar-refractivity contribution in [2.45, 2.75) is 27.4 Å². The third-order valence-electron chi connectivity index (χ3n) is 6.22. The molecule has 0 spiro atoms. The van der Waals surface area contributed by atoms with Gasteiger partial charge in [-0.05, 0) is 80.4 Å². The lowest BCUT2D eigenvalue weighted by atomic mass is 10.1. The Morgan fingerprint density at radius 2 is 1.71 bits per heavy atom. The largest absolute Gasteiger partial charge is 0.493 e. The van der Waals surface area contributed by atoms with Crippen LogP contribution in [-0.2, 0) is 6.61 Å². The molecule has 178 valence electrons. The van der Waals surface area contributed by atoms with E-state index in [0.717, 1.165) is 40.9 Å². The van der Waals surface area contributed by atoms with Gasteiger partial charge in [-0.3, -0.25) is 4.79 Å². The molecule has 0 saturated carbocycles. The first-order valence-corrected chi connectivity index (χ1v) is 12.1. The lowest BCUT2D eigenvalue weighted by Gasteiger charge is -2.36. The molecule has 1 aliphatic heterocycles. The van der Waals surface area contributed by atoms with Gasteiger partial charge in [0, 0.05) is 48.0 Å². The number of halogens is 1. The summed E-state index contributed by atoms with van der Waals surface area (Å²) in [5.41, 5.74) is 5.02. The van der Waals surface area contributed by atoms with E-state index in [2.05, 4.69) is 30.9 Å². The van der Waals surface area contributed by atoms with E-state index in [1.54, 1.807) is 0 Å². The minimum absolute atomic E-state index is 0.0289. The fraction of sp³-hybridized carbons (Fsp3) is 0.321. The Hall–Kier alpha value is -3.18. The number of ether oxygens (including phenoxy) is 2. The molecule has 1 aliphatic rings. The molecule has 4 rings (SSSR count). The van der Waals surface area contributed by atoms with Crippen LogP contribution in [0.25, 0.3) is 0 Å². The van der Waals surface area contributed by atoms with Gasteiger partial charge in [-0.25, -0.2) is 0 Å². The lowest BCUT2D eigenvalue weighted by Crippen LogP contribution is -2.48. The van der Waals surface area contributed by atoms with Gasteiger partial charge in [-0.2, -0.15) is 0 Å². The molecule has 3 aromatic carbocycles. The number of hydrogen-bond acceptors (Lipinski definition) is 4. The number of hydrogen-bond donors (Lipinski definition) is 0. The van der Waals surface area contributed by atoms with Crippen molar-refractivity contribution in [2.24, 2.45) is 0 Å². The van der Waals surface area contributed by atoms with E-state index in [4.69, 9.17) is 21.1 Å². The fourth-order valence-corrected chi connectivity index (χ4v) is 4.29. The van der Waals surface area contributed by atoms with Crippen molar-refractivity contribution in [3.05, 3.63) is 87.9 Å². The summed E-state index contributed by atoms with van der Waals surface area (Å²) >= 11 is 6.14. The summed E-state index contributed by atoms with van der Waals surface area (Å²) in [5, 5.41) is 0.723. The van der Waals surface area contributed by atoms with Crippen molar-refractivity contribution >= 4 is 23.2 Å². The average Bonchev–Trinajstić information content (AvgIpc) is 2.85. The highest BCUT2D eigenvalue weighted by molar-refractivity contribution is 6.30. The van der Waals surface area contributed by atoms with E-state index in [1.165, 1.54) is 11.1 Å². The summed E-state index contributed by atoms with van der Waals surface area (Å²) < 4.78 is 11.8. The van der Waals surface area contributed by atoms with Crippen LogP contribution in [0.5, 0.6) is 11.5 Å². The normalized spacial score (nSPS) is 13.6. The Balaban J connectivity index is 1.44. The summed E-state index contributed by atoms with van der Waals surface area (Å²) in [7, 11) is 0. The van der Waals surface area contributed by atoms with Crippen LogP contribution >= 0.6 is 11.6 Å². The number of rotatable bonds is 7. The van der Waals surface area contributed by atoms with E-state index in [1.807, 2.05) is 60.4 Å². The van der Waals surface area contributed by atoms with Gasteiger partial charge in [0.05, 0.1) is 6.61 Å². The van der Waals surface area contributed by atoms with E-state index < -0.39 is 0 Å². The zero-order valence-corrected chi connectivity index (χ0v) is 20.8. The molecule has 6 heteroatoms. The van der Waals surface area contributed by atoms with Crippen molar-refractivity contribution in [2.75, 3.05) is 37.7 Å². The minimum atomic E-state index is 0.0289. The Bertz CT molecular complexity index is 1160. The van der Waals surface area contributed by atoms with Crippen LogP contribution in [0.15, 0.2) is 60.7 Å². The first kappa shape index (κ1) is 24.0. The number of aryl methyl sites for hydroxylation is 2. The van der Waals surface area contributed by atoms with Gasteiger partial charge in [0.1, 0.15) is 18.1 Å². The fourth-order valence-electron chi connectivity index (χ4n) is 4.11. The summed E-state index contributed by atoms with van der Waals surface area (Å²) in [6.45, 7) is 9.84. The van der Waals surface area contributed by atoms with Crippen LogP contribution in [0, 0.1) is 13.8 Å². The number of anilines is 1. The molecule has 0 unspecified atom stereocenters. The molecule has 0 bridgehead atoms. The number of carbonyl (C=O) groups is 1. The smallest absolute Gasteiger partial charge is 0.253 e. The quantitative estimate of drug-likeness (QED) is 0.424. The third kappa shape index (κ3) is 5.65. The number of benzene rings is 3. The van der Waals surface area contributed by atoms with Gasteiger partial charge in [-0.1, -0.05) is 23.7 Å². The molecule has 0 aliphatic carbocycles. The minimum Gasteiger partial charge on any atom is -0.493 e. The second-order valence-electron chi connectivity index (χ2n) is 8.55. The zero-order chi connectivity index (χ0) is 24.1. The molecular formula is C28H31ClN2O3. The predicted molar refractivity (Wildman–Crippen MR) is 137 cm³/mol. The second kappa shape index (κ2) is 10.8. The van der Waals surface area contributed by atoms with Crippen molar-refractivity contribution in [3.63, 3.8) is 0 Å². The molecule has 3 aromatic rings. The molecule has 1 amide bonds. The number of piperazine rings is 1. The van der Waals surface area contributed by atoms with Crippen LogP contribution in [0.1, 0.15) is 34.0 Å². The van der Waals surface area contributed by atoms with Gasteiger partial charge in [0.15, 0.2) is 0 Å². The van der Waals surface area contributed by atoms with E-state index >= 15 is 0 Å². The monoisotopic (exact) mass is 478 g/mol. The number of carbonyl (C=O) groups excluding carboxylic acids is 1. The van der Waals surface area contributed by atoms with Crippen molar-refractivity contribution < 1.29 is 14.3 Å². The van der Waals surface area contributed by atoms with Crippen LogP contribution in [-0.4, -0.2) is 43.6 Å². The Morgan fingerprint density at radius 3 is 2.41 bits per heavy atom. The molecule has 5 nitrogen and oxygen atoms in total. The predicted octanol–water partition coefficient (Wildman–Crippen LogP) is 5.90. The second-order valence-corrected chi connectivity index (χ2v) is 8.99. The zero-order valence-electron chi connectivity index (χ0n) is 20.0. The summed E-state index contributed by atoms with van der Waals surface area (Å²) in [6.07, 6.45) is 0. The molecule has 1 saturated heterocycles. The van der Waals surface area contributed by atoms with Crippen LogP contribution in [0.2, 0.25) is 5.02 Å². The van der Waals surface area contributed by atoms with Crippen LogP contribution in [0.3, 0.4) is 0 Å². The first-order chi connectivity index (χ1) is 16.4. The summed E-state index contributed by atoms with van der Waals surface area (Å²) in [4.78, 5) is 17.4. The highest BCUT2D eigenvalue weighted by Gasteiger charge is 2.23. The van der Waals surface area contributed by atoms with Crippen LogP contribution < -0.4 is 14.4 Å². The average molecular weight is 479 g/mol. The van der Waals surface area contributed by atoms with Gasteiger partial charge in [0.25, 0.3) is 5.91 Å². The molecule has 0 radical (unpaired) electrons. The highest BCUT2D eigenvalue weighted by Crippen LogP contribution is 2.26. The van der Waals surface area contributed by atoms with Gasteiger partial charge >= 0.3 is 0 Å². The number of nitrogens with zero attached hydrogens (tertiary/aromatic N) is 2. The molecule has 1 fully saturated rings. The number of amides is 1. The maximum absolute atomic E-state index is 13.3. The Morgan fingerprint density at radius 1 is 0.912 bits per heavy atom. The maximum atomic E-state index is 13.3. The van der Waals surface area contributed by atoms with E-state index in [-0.39, 0.29) is 5.91 Å². The molecule has 0 N–H and O–H groups in total. The summed E-state index contributed by atoms with van der Waals surface area (Å²) in [6, 6.07) is 19.5. The van der Waals surface area contributed by atoms with Gasteiger partial charge in [0.2, 0.25) is 0 Å². The molecule has 1 heterocycles. The third-order valence-corrected chi connectivity index (χ3v) is 6.46. The molecule has 0 atom stereocenters. The molecule has 34 heavy (non-hydrogen) atoms. The summed E-state index contributed by atoms with van der Waals surface area (Å²) in [5.74, 6) is 1.58. The molecule has 0 aromatic heterocycles. The lowest BCUT2D eigenvalue weighted by molar-refractivity contribution is 0.0746. The standard InChI is InChI=1S/C28H31ClN2O3/c1-4-33-27-11-9-22(17-23(27)19-34-26-10-8-20(2)21(3)16-26)28(32)31-14-12-30(13-15-31)25-7-5-6-24(29)18-25/h5-11,16-18H,4,12-15,19H2,1-3H3. The van der Waals surface area contributed by atoms with Gasteiger partial charge < -0.3 is 19.3 Å². The SMILES string of the molecule is CCOc1ccc(C(=O)N2CCN(c3cccc(Cl)c3)CC2)cc1COc1ccc(C)c(C)c1. The first-order valence-electron chi connectivity index (χ1n) is 11.7. The van der Waals surface area contributed by atoms with Crippen molar-refractivity contribution in [1.29, 1.82) is 0 Å². The highest BCUT2D eigenvalue weighted by atomic mass is 35.5. The molecular weight excluding hydrogens is 448 g/mol. The van der Waals surface area contributed by atoms with Gasteiger partial charge in [-0.15, -0.1) is 0 Å². The topological polar surface area (TPSA) is 42.0 Å². The van der Waals surface area contributed by atoms with Crippen molar-refractivity contribution in [3.8, 4) is 11.5 Å². The van der Waals surface area contributed by atoms with E-state index in [9.17, 15) is 4.79 Å².